The molecule has 1 heterocycles. The quantitative estimate of drug-likeness (QED) is 0.326. The fourth-order valence-electron chi connectivity index (χ4n) is 2.28. The lowest BCUT2D eigenvalue weighted by Gasteiger charge is -2.38. The van der Waals surface area contributed by atoms with Crippen molar-refractivity contribution in [3.8, 4) is 0 Å². The van der Waals surface area contributed by atoms with Gasteiger partial charge in [-0.05, 0) is 19.3 Å². The Bertz CT molecular complexity index is 525. The lowest BCUT2D eigenvalue weighted by Crippen LogP contribution is -2.56. The van der Waals surface area contributed by atoms with Crippen LogP contribution in [0.3, 0.4) is 0 Å². The smallest absolute Gasteiger partial charge is 0.338 e. The van der Waals surface area contributed by atoms with E-state index in [2.05, 4.69) is 10.6 Å². The summed E-state index contributed by atoms with van der Waals surface area (Å²) in [4.78, 5) is 36.5. The van der Waals surface area contributed by atoms with Gasteiger partial charge in [-0.3, -0.25) is 9.59 Å². The van der Waals surface area contributed by atoms with Crippen molar-refractivity contribution < 1.29 is 23.9 Å². The van der Waals surface area contributed by atoms with Crippen LogP contribution >= 0.6 is 0 Å². The molecule has 0 aromatic rings. The number of hydrogen-bond donors (Lipinski definition) is 2. The number of rotatable bonds is 10. The SMILES string of the molecule is [B]C([B])(C(C)C)[C@H](NC(=O)[C@H]1O[C@@H]1C(=O)OCC)C(=O)NCCC(C)C. The van der Waals surface area contributed by atoms with Crippen molar-refractivity contribution in [2.24, 2.45) is 11.8 Å². The first-order valence-corrected chi connectivity index (χ1v) is 9.00. The zero-order chi connectivity index (χ0) is 20.1. The molecule has 9 heteroatoms. The minimum atomic E-state index is -1.47. The summed E-state index contributed by atoms with van der Waals surface area (Å²) in [6.07, 6.45) is -1.17. The Morgan fingerprint density at radius 2 is 1.77 bits per heavy atom. The number of carbonyl (C=O) groups excluding carboxylic acids is 3. The Morgan fingerprint density at radius 3 is 2.27 bits per heavy atom. The largest absolute Gasteiger partial charge is 0.464 e. The Morgan fingerprint density at radius 1 is 1.15 bits per heavy atom. The van der Waals surface area contributed by atoms with E-state index in [9.17, 15) is 14.4 Å². The average Bonchev–Trinajstić information content (AvgIpc) is 3.32. The molecule has 3 atom stereocenters. The Kier molecular flexibility index (Phi) is 8.18. The molecular formula is C17H28B2N2O5. The molecule has 1 fully saturated rings. The Hall–Kier alpha value is -1.50. The van der Waals surface area contributed by atoms with Crippen molar-refractivity contribution in [3.63, 3.8) is 0 Å². The Labute approximate surface area is 158 Å². The topological polar surface area (TPSA) is 97.0 Å². The summed E-state index contributed by atoms with van der Waals surface area (Å²) in [6.45, 7) is 9.89. The van der Waals surface area contributed by atoms with Gasteiger partial charge in [0.2, 0.25) is 5.91 Å². The minimum absolute atomic E-state index is 0.190. The number of nitrogens with one attached hydrogen (secondary N) is 2. The summed E-state index contributed by atoms with van der Waals surface area (Å²) in [5.41, 5.74) is 0. The van der Waals surface area contributed by atoms with Crippen LogP contribution in [-0.2, 0) is 23.9 Å². The second kappa shape index (κ2) is 9.44. The van der Waals surface area contributed by atoms with Crippen molar-refractivity contribution in [1.29, 1.82) is 0 Å². The number of amides is 2. The van der Waals surface area contributed by atoms with Crippen LogP contribution in [0.25, 0.3) is 0 Å². The van der Waals surface area contributed by atoms with E-state index in [0.29, 0.717) is 12.5 Å². The maximum atomic E-state index is 12.6. The lowest BCUT2D eigenvalue weighted by atomic mass is 9.45. The number of epoxide rings is 1. The van der Waals surface area contributed by atoms with Crippen LogP contribution in [0, 0.1) is 11.8 Å². The second-order valence-corrected chi connectivity index (χ2v) is 7.30. The van der Waals surface area contributed by atoms with Gasteiger partial charge in [-0.15, -0.1) is 0 Å². The first-order chi connectivity index (χ1) is 12.0. The summed E-state index contributed by atoms with van der Waals surface area (Å²) < 4.78 is 9.87. The molecule has 1 rings (SSSR count). The molecule has 2 N–H and O–H groups in total. The van der Waals surface area contributed by atoms with Crippen molar-refractivity contribution in [2.45, 2.75) is 64.5 Å². The van der Waals surface area contributed by atoms with E-state index in [1.165, 1.54) is 0 Å². The predicted octanol–water partition coefficient (Wildman–Crippen LogP) is 0.0732. The van der Waals surface area contributed by atoms with Crippen molar-refractivity contribution in [3.05, 3.63) is 0 Å². The highest BCUT2D eigenvalue weighted by molar-refractivity contribution is 6.42. The summed E-state index contributed by atoms with van der Waals surface area (Å²) in [5.74, 6) is -1.57. The van der Waals surface area contributed by atoms with Gasteiger partial charge < -0.3 is 20.1 Å². The van der Waals surface area contributed by atoms with Crippen LogP contribution < -0.4 is 10.6 Å². The van der Waals surface area contributed by atoms with Crippen molar-refractivity contribution in [1.82, 2.24) is 10.6 Å². The van der Waals surface area contributed by atoms with Crippen LogP contribution in [0.4, 0.5) is 0 Å². The molecule has 0 aromatic carbocycles. The predicted molar refractivity (Wildman–Crippen MR) is 98.7 cm³/mol. The third kappa shape index (κ3) is 6.04. The fourth-order valence-corrected chi connectivity index (χ4v) is 2.28. The summed E-state index contributed by atoms with van der Waals surface area (Å²) in [7, 11) is 12.2. The molecule has 26 heavy (non-hydrogen) atoms. The van der Waals surface area contributed by atoms with Gasteiger partial charge in [0.05, 0.1) is 28.3 Å². The zero-order valence-corrected chi connectivity index (χ0v) is 16.2. The third-order valence-corrected chi connectivity index (χ3v) is 4.34. The van der Waals surface area contributed by atoms with E-state index in [4.69, 9.17) is 25.2 Å². The number of hydrogen-bond acceptors (Lipinski definition) is 5. The van der Waals surface area contributed by atoms with Gasteiger partial charge in [-0.25, -0.2) is 4.79 Å². The second-order valence-electron chi connectivity index (χ2n) is 7.30. The summed E-state index contributed by atoms with van der Waals surface area (Å²) in [5, 5.41) is 3.81. The van der Waals surface area contributed by atoms with Gasteiger partial charge in [-0.2, -0.15) is 0 Å². The number of ether oxygens (including phenoxy) is 2. The van der Waals surface area contributed by atoms with E-state index in [0.717, 1.165) is 6.42 Å². The van der Waals surface area contributed by atoms with Gasteiger partial charge in [0, 0.05) is 6.54 Å². The van der Waals surface area contributed by atoms with E-state index < -0.39 is 41.2 Å². The molecule has 0 bridgehead atoms. The normalized spacial score (nSPS) is 20.6. The molecule has 1 aliphatic rings. The minimum Gasteiger partial charge on any atom is -0.464 e. The van der Waals surface area contributed by atoms with E-state index in [-0.39, 0.29) is 12.5 Å². The highest BCUT2D eigenvalue weighted by Crippen LogP contribution is 2.33. The van der Waals surface area contributed by atoms with Crippen molar-refractivity contribution >= 4 is 33.5 Å². The van der Waals surface area contributed by atoms with Crippen LogP contribution in [0.1, 0.15) is 41.0 Å². The molecule has 0 spiro atoms. The monoisotopic (exact) mass is 362 g/mol. The molecule has 2 amide bonds. The van der Waals surface area contributed by atoms with E-state index in [1.807, 2.05) is 13.8 Å². The molecule has 4 radical (unpaired) electrons. The van der Waals surface area contributed by atoms with Crippen molar-refractivity contribution in [2.75, 3.05) is 13.2 Å². The molecular weight excluding hydrogens is 334 g/mol. The van der Waals surface area contributed by atoms with Gasteiger partial charge in [0.1, 0.15) is 0 Å². The molecule has 1 saturated heterocycles. The number of carbonyl (C=O) groups is 3. The lowest BCUT2D eigenvalue weighted by molar-refractivity contribution is -0.144. The molecule has 7 nitrogen and oxygen atoms in total. The van der Waals surface area contributed by atoms with Gasteiger partial charge in [-0.1, -0.05) is 38.8 Å². The van der Waals surface area contributed by atoms with Gasteiger partial charge in [0.15, 0.2) is 12.2 Å². The number of esters is 1. The van der Waals surface area contributed by atoms with E-state index >= 15 is 0 Å². The first-order valence-electron chi connectivity index (χ1n) is 9.00. The molecule has 142 valence electrons. The fraction of sp³-hybridized carbons (Fsp3) is 0.824. The zero-order valence-electron chi connectivity index (χ0n) is 16.2. The maximum Gasteiger partial charge on any atom is 0.338 e. The van der Waals surface area contributed by atoms with E-state index in [1.54, 1.807) is 20.8 Å². The van der Waals surface area contributed by atoms with Gasteiger partial charge >= 0.3 is 5.97 Å². The first kappa shape index (κ1) is 22.5. The molecule has 0 aromatic heterocycles. The van der Waals surface area contributed by atoms with Crippen LogP contribution in [-0.4, -0.2) is 64.9 Å². The molecule has 1 aliphatic heterocycles. The Balaban J connectivity index is 2.75. The van der Waals surface area contributed by atoms with Gasteiger partial charge in [0.25, 0.3) is 5.91 Å². The highest BCUT2D eigenvalue weighted by Gasteiger charge is 2.53. The van der Waals surface area contributed by atoms with Crippen LogP contribution in [0.2, 0.25) is 5.21 Å². The average molecular weight is 362 g/mol. The van der Waals surface area contributed by atoms with Crippen LogP contribution in [0.5, 0.6) is 0 Å². The molecule has 0 aliphatic carbocycles. The standard InChI is InChI=1S/C17H28B2N2O5/c1-6-25-16(24)12-11(26-12)14(22)21-13(17(18,19)10(4)5)15(23)20-8-7-9(2)3/h9-13H,6-8H2,1-5H3,(H,20,23)(H,21,22)/t11-,12-,13+/m0/s1. The summed E-state index contributed by atoms with van der Waals surface area (Å²) in [6, 6.07) is -1.16. The highest BCUT2D eigenvalue weighted by atomic mass is 16.6. The molecule has 0 saturated carbocycles. The third-order valence-electron chi connectivity index (χ3n) is 4.34. The molecule has 0 unspecified atom stereocenters. The van der Waals surface area contributed by atoms with Crippen LogP contribution in [0.15, 0.2) is 0 Å². The maximum absolute atomic E-state index is 12.6. The summed E-state index contributed by atoms with van der Waals surface area (Å²) >= 11 is 0.